The van der Waals surface area contributed by atoms with Crippen molar-refractivity contribution in [3.63, 3.8) is 0 Å². The van der Waals surface area contributed by atoms with E-state index in [1.165, 1.54) is 6.21 Å². The highest BCUT2D eigenvalue weighted by molar-refractivity contribution is 9.11. The van der Waals surface area contributed by atoms with Crippen molar-refractivity contribution in [3.8, 4) is 0 Å². The van der Waals surface area contributed by atoms with E-state index < -0.39 is 0 Å². The second kappa shape index (κ2) is 2.98. The molecule has 0 aliphatic carbocycles. The van der Waals surface area contributed by atoms with Gasteiger partial charge in [-0.25, -0.2) is 0 Å². The lowest BCUT2D eigenvalue weighted by atomic mass is 10.4. The van der Waals surface area contributed by atoms with Crippen LogP contribution in [0.5, 0.6) is 0 Å². The van der Waals surface area contributed by atoms with Gasteiger partial charge < -0.3 is 5.21 Å². The summed E-state index contributed by atoms with van der Waals surface area (Å²) in [4.78, 5) is 0. The molecule has 0 radical (unpaired) electrons. The molecule has 0 saturated heterocycles. The van der Waals surface area contributed by atoms with E-state index in [0.29, 0.717) is 0 Å². The normalized spacial score (nSPS) is 10.8. The van der Waals surface area contributed by atoms with Crippen LogP contribution in [0.2, 0.25) is 0 Å². The lowest BCUT2D eigenvalue weighted by Crippen LogP contribution is -1.70. The minimum Gasteiger partial charge on any atom is -0.411 e. The minimum atomic E-state index is 0.911. The van der Waals surface area contributed by atoms with Gasteiger partial charge in [-0.1, -0.05) is 5.16 Å². The average molecular weight is 206 g/mol. The fourth-order valence-electron chi connectivity index (χ4n) is 0.458. The molecule has 0 fully saturated rings. The van der Waals surface area contributed by atoms with E-state index in [4.69, 9.17) is 5.21 Å². The summed E-state index contributed by atoms with van der Waals surface area (Å²) in [5, 5.41) is 12.9. The Balaban J connectivity index is 2.85. The Kier molecular flexibility index (Phi) is 2.24. The Morgan fingerprint density at radius 2 is 2.56 bits per heavy atom. The molecule has 0 unspecified atom stereocenters. The van der Waals surface area contributed by atoms with Gasteiger partial charge in [-0.15, -0.1) is 11.3 Å². The zero-order chi connectivity index (χ0) is 6.69. The van der Waals surface area contributed by atoms with Gasteiger partial charge in [-0.05, 0) is 22.0 Å². The van der Waals surface area contributed by atoms with Crippen molar-refractivity contribution >= 4 is 33.5 Å². The molecule has 0 aromatic carbocycles. The van der Waals surface area contributed by atoms with Crippen molar-refractivity contribution in [2.45, 2.75) is 0 Å². The number of nitrogens with zero attached hydrogens (tertiary/aromatic N) is 1. The molecule has 0 aliphatic rings. The van der Waals surface area contributed by atoms with Crippen molar-refractivity contribution in [2.75, 3.05) is 0 Å². The fourth-order valence-corrected chi connectivity index (χ4v) is 1.58. The first-order valence-corrected chi connectivity index (χ1v) is 3.91. The van der Waals surface area contributed by atoms with Crippen LogP contribution < -0.4 is 0 Å². The van der Waals surface area contributed by atoms with Gasteiger partial charge in [0.1, 0.15) is 0 Å². The monoisotopic (exact) mass is 205 g/mol. The summed E-state index contributed by atoms with van der Waals surface area (Å²) >= 11 is 4.84. The standard InChI is InChI=1S/C5H4BrNOS/c6-5-1-4(2-7-8)3-9-5/h1-3,8H. The molecular weight excluding hydrogens is 202 g/mol. The molecule has 1 aromatic rings. The molecule has 0 aliphatic heterocycles. The maximum Gasteiger partial charge on any atom is 0.0742 e. The Morgan fingerprint density at radius 1 is 1.78 bits per heavy atom. The van der Waals surface area contributed by atoms with Crippen LogP contribution >= 0.6 is 27.3 Å². The van der Waals surface area contributed by atoms with Gasteiger partial charge in [-0.2, -0.15) is 0 Å². The van der Waals surface area contributed by atoms with Crippen LogP contribution in [-0.2, 0) is 0 Å². The van der Waals surface area contributed by atoms with E-state index in [0.717, 1.165) is 9.35 Å². The molecule has 9 heavy (non-hydrogen) atoms. The highest BCUT2D eigenvalue weighted by atomic mass is 79.9. The molecule has 2 nitrogen and oxygen atoms in total. The lowest BCUT2D eigenvalue weighted by molar-refractivity contribution is 0.322. The summed E-state index contributed by atoms with van der Waals surface area (Å²) in [6.45, 7) is 0. The van der Waals surface area contributed by atoms with E-state index in [2.05, 4.69) is 21.1 Å². The minimum absolute atomic E-state index is 0.911. The molecule has 1 rings (SSSR count). The highest BCUT2D eigenvalue weighted by Gasteiger charge is 1.91. The first-order chi connectivity index (χ1) is 4.33. The molecule has 0 saturated carbocycles. The highest BCUT2D eigenvalue weighted by Crippen LogP contribution is 2.19. The van der Waals surface area contributed by atoms with Crippen LogP contribution in [0.4, 0.5) is 0 Å². The first-order valence-electron chi connectivity index (χ1n) is 2.24. The molecule has 1 heterocycles. The molecule has 4 heteroatoms. The number of thiophene rings is 1. The quantitative estimate of drug-likeness (QED) is 0.426. The van der Waals surface area contributed by atoms with Crippen LogP contribution in [0.3, 0.4) is 0 Å². The Bertz CT molecular complexity index is 220. The molecule has 0 spiro atoms. The van der Waals surface area contributed by atoms with Gasteiger partial charge in [0, 0.05) is 10.9 Å². The van der Waals surface area contributed by atoms with Gasteiger partial charge >= 0.3 is 0 Å². The topological polar surface area (TPSA) is 32.6 Å². The Labute approximate surface area is 64.9 Å². The number of hydrogen-bond acceptors (Lipinski definition) is 3. The van der Waals surface area contributed by atoms with E-state index in [-0.39, 0.29) is 0 Å². The molecule has 0 amide bonds. The third-order valence-corrected chi connectivity index (χ3v) is 2.32. The van der Waals surface area contributed by atoms with Gasteiger partial charge in [0.15, 0.2) is 0 Å². The van der Waals surface area contributed by atoms with E-state index >= 15 is 0 Å². The molecule has 1 aromatic heterocycles. The Morgan fingerprint density at radius 3 is 3.00 bits per heavy atom. The zero-order valence-corrected chi connectivity index (χ0v) is 6.82. The summed E-state index contributed by atoms with van der Waals surface area (Å²) in [5.74, 6) is 0. The second-order valence-corrected chi connectivity index (χ2v) is 3.72. The maximum absolute atomic E-state index is 8.09. The summed E-state index contributed by atoms with van der Waals surface area (Å²) < 4.78 is 1.04. The fraction of sp³-hybridized carbons (Fsp3) is 0. The zero-order valence-electron chi connectivity index (χ0n) is 4.41. The largest absolute Gasteiger partial charge is 0.411 e. The SMILES string of the molecule is ON=Cc1csc(Br)c1. The third kappa shape index (κ3) is 1.80. The molecule has 0 bridgehead atoms. The van der Waals surface area contributed by atoms with E-state index in [1.807, 2.05) is 11.4 Å². The first kappa shape index (κ1) is 6.77. The smallest absolute Gasteiger partial charge is 0.0742 e. The van der Waals surface area contributed by atoms with Crippen LogP contribution in [0, 0.1) is 0 Å². The average Bonchev–Trinajstić information content (AvgIpc) is 2.17. The molecule has 0 atom stereocenters. The molecule has 1 N–H and O–H groups in total. The van der Waals surface area contributed by atoms with Gasteiger partial charge in [0.2, 0.25) is 0 Å². The van der Waals surface area contributed by atoms with Crippen LogP contribution in [-0.4, -0.2) is 11.4 Å². The van der Waals surface area contributed by atoms with Gasteiger partial charge in [0.25, 0.3) is 0 Å². The summed E-state index contributed by atoms with van der Waals surface area (Å²) in [7, 11) is 0. The van der Waals surface area contributed by atoms with Gasteiger partial charge in [-0.3, -0.25) is 0 Å². The van der Waals surface area contributed by atoms with Crippen molar-refractivity contribution in [2.24, 2.45) is 5.16 Å². The predicted octanol–water partition coefficient (Wildman–Crippen LogP) is 2.32. The number of oxime groups is 1. The van der Waals surface area contributed by atoms with Crippen LogP contribution in [0.15, 0.2) is 20.4 Å². The molecular formula is C5H4BrNOS. The number of rotatable bonds is 1. The molecule has 48 valence electrons. The van der Waals surface area contributed by atoms with Crippen LogP contribution in [0.1, 0.15) is 5.56 Å². The lowest BCUT2D eigenvalue weighted by Gasteiger charge is -1.74. The summed E-state index contributed by atoms with van der Waals surface area (Å²) in [6.07, 6.45) is 1.39. The summed E-state index contributed by atoms with van der Waals surface area (Å²) in [5.41, 5.74) is 0.911. The Hall–Kier alpha value is -0.350. The van der Waals surface area contributed by atoms with Crippen molar-refractivity contribution in [3.05, 3.63) is 20.8 Å². The predicted molar refractivity (Wildman–Crippen MR) is 41.4 cm³/mol. The van der Waals surface area contributed by atoms with E-state index in [9.17, 15) is 0 Å². The van der Waals surface area contributed by atoms with Gasteiger partial charge in [0.05, 0.1) is 10.0 Å². The number of halogens is 1. The second-order valence-electron chi connectivity index (χ2n) is 1.43. The van der Waals surface area contributed by atoms with Crippen LogP contribution in [0.25, 0.3) is 0 Å². The van der Waals surface area contributed by atoms with Crippen molar-refractivity contribution in [1.29, 1.82) is 0 Å². The third-order valence-electron chi connectivity index (χ3n) is 0.795. The van der Waals surface area contributed by atoms with Crippen molar-refractivity contribution < 1.29 is 5.21 Å². The maximum atomic E-state index is 8.09. The van der Waals surface area contributed by atoms with E-state index in [1.54, 1.807) is 11.3 Å². The number of hydrogen-bond donors (Lipinski definition) is 1. The van der Waals surface area contributed by atoms with Crippen molar-refractivity contribution in [1.82, 2.24) is 0 Å². The summed E-state index contributed by atoms with van der Waals surface area (Å²) in [6, 6.07) is 1.88.